The number of guanidine groups is 1. The number of piperazine rings is 2. The highest BCUT2D eigenvalue weighted by Gasteiger charge is 2.26. The zero-order valence-corrected chi connectivity index (χ0v) is 20.7. The van der Waals surface area contributed by atoms with Gasteiger partial charge in [0.2, 0.25) is 12.2 Å². The van der Waals surface area contributed by atoms with E-state index in [0.717, 1.165) is 50.9 Å². The largest absolute Gasteiger partial charge is 0.339 e. The van der Waals surface area contributed by atoms with E-state index in [-0.39, 0.29) is 5.69 Å². The van der Waals surface area contributed by atoms with Crippen LogP contribution < -0.4 is 10.6 Å². The van der Waals surface area contributed by atoms with E-state index in [1.807, 2.05) is 13.1 Å². The smallest absolute Gasteiger partial charge is 0.323 e. The average Bonchev–Trinajstić information content (AvgIpc) is 2.86. The summed E-state index contributed by atoms with van der Waals surface area (Å²) in [5.41, 5.74) is 2.01. The van der Waals surface area contributed by atoms with Gasteiger partial charge in [-0.1, -0.05) is 12.1 Å². The van der Waals surface area contributed by atoms with E-state index < -0.39 is 11.8 Å². The third-order valence-electron chi connectivity index (χ3n) is 6.47. The molecule has 0 bridgehead atoms. The van der Waals surface area contributed by atoms with Crippen LogP contribution in [0.3, 0.4) is 0 Å². The molecule has 0 unspecified atom stereocenters. The maximum absolute atomic E-state index is 15.2. The second-order valence-electron chi connectivity index (χ2n) is 9.11. The van der Waals surface area contributed by atoms with Gasteiger partial charge in [0.15, 0.2) is 5.82 Å². The van der Waals surface area contributed by atoms with Crippen LogP contribution in [0.25, 0.3) is 0 Å². The number of aliphatic imine (C=N–C) groups is 1. The Morgan fingerprint density at radius 3 is 2.44 bits per heavy atom. The number of nitrogens with one attached hydrogen (secondary N) is 2. The van der Waals surface area contributed by atoms with Crippen LogP contribution >= 0.6 is 0 Å². The lowest BCUT2D eigenvalue weighted by atomic mass is 10.1. The number of pyridine rings is 1. The summed E-state index contributed by atoms with van der Waals surface area (Å²) in [4.78, 5) is 29.4. The van der Waals surface area contributed by atoms with Gasteiger partial charge in [0.25, 0.3) is 0 Å². The summed E-state index contributed by atoms with van der Waals surface area (Å²) in [5.74, 6) is 0.295. The van der Waals surface area contributed by atoms with Gasteiger partial charge in [-0.05, 0) is 32.2 Å². The Hall–Kier alpha value is -3.75. The quantitative estimate of drug-likeness (QED) is 0.383. The highest BCUT2D eigenvalue weighted by molar-refractivity contribution is 5.99. The molecule has 2 aromatic rings. The highest BCUT2D eigenvalue weighted by atomic mass is 19.1. The molecule has 36 heavy (non-hydrogen) atoms. The summed E-state index contributed by atoms with van der Waals surface area (Å²) in [6.45, 7) is 8.68. The molecule has 0 atom stereocenters. The van der Waals surface area contributed by atoms with Crippen molar-refractivity contribution in [2.75, 3.05) is 70.0 Å². The fourth-order valence-electron chi connectivity index (χ4n) is 4.45. The second-order valence-corrected chi connectivity index (χ2v) is 9.11. The summed E-state index contributed by atoms with van der Waals surface area (Å²) < 4.78 is 15.2. The summed E-state index contributed by atoms with van der Waals surface area (Å²) in [6.07, 6.45) is 3.56. The van der Waals surface area contributed by atoms with Crippen molar-refractivity contribution in [2.45, 2.75) is 13.5 Å². The van der Waals surface area contributed by atoms with Gasteiger partial charge in [-0.15, -0.1) is 4.99 Å². The molecule has 0 radical (unpaired) electrons. The fraction of sp³-hybridized carbons (Fsp3) is 0.440. The Bertz CT molecular complexity index is 1130. The monoisotopic (exact) mass is 493 g/mol. The molecule has 2 aliphatic rings. The first-order valence-corrected chi connectivity index (χ1v) is 12.1. The lowest BCUT2D eigenvalue weighted by Gasteiger charge is -2.42. The normalized spacial score (nSPS) is 17.6. The average molecular weight is 494 g/mol. The number of amides is 2. The van der Waals surface area contributed by atoms with Gasteiger partial charge in [0, 0.05) is 82.0 Å². The Morgan fingerprint density at radius 2 is 1.78 bits per heavy atom. The van der Waals surface area contributed by atoms with Crippen molar-refractivity contribution < 1.29 is 9.18 Å². The van der Waals surface area contributed by atoms with E-state index in [4.69, 9.17) is 0 Å². The number of carbonyl (C=O) groups is 1. The Balaban J connectivity index is 1.33. The van der Waals surface area contributed by atoms with Crippen LogP contribution in [0.4, 0.5) is 20.6 Å². The Morgan fingerprint density at radius 1 is 1.08 bits per heavy atom. The molecule has 2 aliphatic heterocycles. The second kappa shape index (κ2) is 11.8. The van der Waals surface area contributed by atoms with Gasteiger partial charge in [-0.3, -0.25) is 9.88 Å². The topological polar surface area (TPSA) is 103 Å². The molecule has 2 fully saturated rings. The van der Waals surface area contributed by atoms with Crippen LogP contribution in [0.1, 0.15) is 11.3 Å². The molecule has 11 heteroatoms. The van der Waals surface area contributed by atoms with E-state index >= 15 is 4.39 Å². The molecular formula is C25H32FN9O. The molecule has 1 aromatic heterocycles. The number of nitrogens with zero attached hydrogens (tertiary/aromatic N) is 7. The number of aryl methyl sites for hydroxylation is 1. The minimum atomic E-state index is -0.515. The molecule has 1 aromatic carbocycles. The van der Waals surface area contributed by atoms with E-state index in [9.17, 15) is 10.1 Å². The van der Waals surface area contributed by atoms with Gasteiger partial charge < -0.3 is 25.3 Å². The third kappa shape index (κ3) is 6.47. The number of benzene rings is 1. The summed E-state index contributed by atoms with van der Waals surface area (Å²) in [5, 5.41) is 14.5. The lowest BCUT2D eigenvalue weighted by molar-refractivity contribution is 0.147. The molecule has 3 heterocycles. The Labute approximate surface area is 211 Å². The first-order chi connectivity index (χ1) is 17.4. The van der Waals surface area contributed by atoms with Crippen LogP contribution in [0.15, 0.2) is 41.5 Å². The maximum atomic E-state index is 15.2. The minimum Gasteiger partial charge on any atom is -0.339 e. The zero-order valence-electron chi connectivity index (χ0n) is 20.7. The molecule has 10 nitrogen and oxygen atoms in total. The molecular weight excluding hydrogens is 461 g/mol. The number of rotatable bonds is 4. The van der Waals surface area contributed by atoms with E-state index in [1.54, 1.807) is 36.5 Å². The van der Waals surface area contributed by atoms with Crippen molar-refractivity contribution >= 4 is 23.4 Å². The molecule has 4 rings (SSSR count). The van der Waals surface area contributed by atoms with Crippen molar-refractivity contribution in [1.82, 2.24) is 24.6 Å². The summed E-state index contributed by atoms with van der Waals surface area (Å²) in [7, 11) is 2.09. The van der Waals surface area contributed by atoms with Crippen LogP contribution in [0, 0.1) is 24.2 Å². The van der Waals surface area contributed by atoms with E-state index in [2.05, 4.69) is 47.3 Å². The van der Waals surface area contributed by atoms with Crippen molar-refractivity contribution in [3.8, 4) is 6.19 Å². The first-order valence-electron chi connectivity index (χ1n) is 12.1. The molecule has 0 aliphatic carbocycles. The van der Waals surface area contributed by atoms with Crippen LogP contribution in [-0.2, 0) is 6.54 Å². The summed E-state index contributed by atoms with van der Waals surface area (Å²) >= 11 is 0. The molecule has 2 N–H and O–H groups in total. The maximum Gasteiger partial charge on any atom is 0.323 e. The van der Waals surface area contributed by atoms with Crippen molar-refractivity contribution in [3.05, 3.63) is 53.6 Å². The van der Waals surface area contributed by atoms with Crippen molar-refractivity contribution in [1.29, 1.82) is 5.26 Å². The number of aromatic nitrogens is 1. The van der Waals surface area contributed by atoms with Gasteiger partial charge in [0.1, 0.15) is 0 Å². The van der Waals surface area contributed by atoms with E-state index in [0.29, 0.717) is 30.9 Å². The van der Waals surface area contributed by atoms with Gasteiger partial charge >= 0.3 is 6.03 Å². The number of likely N-dealkylation sites (N-methyl/N-ethyl adjacent to an activating group) is 1. The number of carbonyl (C=O) groups excluding carboxylic acids is 1. The number of halogens is 1. The highest BCUT2D eigenvalue weighted by Crippen LogP contribution is 2.21. The first kappa shape index (κ1) is 25.3. The fourth-order valence-corrected chi connectivity index (χ4v) is 4.45. The molecule has 2 amide bonds. The molecule has 190 valence electrons. The molecule has 0 saturated carbocycles. The van der Waals surface area contributed by atoms with Crippen LogP contribution in [-0.4, -0.2) is 96.0 Å². The van der Waals surface area contributed by atoms with E-state index in [1.165, 1.54) is 0 Å². The third-order valence-corrected chi connectivity index (χ3v) is 6.47. The van der Waals surface area contributed by atoms with Gasteiger partial charge in [0.05, 0.1) is 5.69 Å². The van der Waals surface area contributed by atoms with Crippen LogP contribution in [0.5, 0.6) is 0 Å². The zero-order chi connectivity index (χ0) is 25.5. The predicted molar refractivity (Wildman–Crippen MR) is 137 cm³/mol. The van der Waals surface area contributed by atoms with Crippen molar-refractivity contribution in [2.24, 2.45) is 4.99 Å². The molecule has 0 spiro atoms. The predicted octanol–water partition coefficient (Wildman–Crippen LogP) is 2.38. The number of anilines is 2. The summed E-state index contributed by atoms with van der Waals surface area (Å²) in [6, 6.07) is 7.93. The number of hydrogen-bond acceptors (Lipinski definition) is 6. The van der Waals surface area contributed by atoms with Crippen LogP contribution in [0.2, 0.25) is 0 Å². The molecule has 2 saturated heterocycles. The van der Waals surface area contributed by atoms with Gasteiger partial charge in [-0.25, -0.2) is 9.18 Å². The van der Waals surface area contributed by atoms with Gasteiger partial charge in [-0.2, -0.15) is 5.26 Å². The number of urea groups is 1. The number of nitriles is 1. The lowest BCUT2D eigenvalue weighted by Crippen LogP contribution is -2.56. The standard InChI is InChI=1S/C25H32FN9O/c1-19-16-21(6-7-28-19)30-24(36)31-22-5-3-4-20(23(22)26)17-33-10-14-35(15-11-33)25(29-18-27)34-12-8-32(2)9-13-34/h3-7,16H,8-15,17H2,1-2H3,(H2,28,30,31,36)/b29-25-. The Kier molecular flexibility index (Phi) is 8.30. The number of hydrogen-bond donors (Lipinski definition) is 2. The SMILES string of the molecule is Cc1cc(NC(=O)Nc2cccc(CN3CCN(/C(=N\C#N)N4CCN(C)CC4)CC3)c2F)ccn1. The van der Waals surface area contributed by atoms with Crippen molar-refractivity contribution in [3.63, 3.8) is 0 Å². The minimum absolute atomic E-state index is 0.132.